The van der Waals surface area contributed by atoms with Crippen molar-refractivity contribution in [2.45, 2.75) is 11.3 Å². The molecule has 20 heavy (non-hydrogen) atoms. The Morgan fingerprint density at radius 1 is 1.50 bits per heavy atom. The maximum Gasteiger partial charge on any atom is 0.316 e. The highest BCUT2D eigenvalue weighted by atomic mass is 35.5. The van der Waals surface area contributed by atoms with Gasteiger partial charge in [0.05, 0.1) is 12.9 Å². The molecule has 0 saturated carbocycles. The second kappa shape index (κ2) is 6.92. The van der Waals surface area contributed by atoms with Crippen LogP contribution in [0.3, 0.4) is 0 Å². The van der Waals surface area contributed by atoms with Crippen molar-refractivity contribution < 1.29 is 9.53 Å². The largest absolute Gasteiger partial charge is 0.468 e. The van der Waals surface area contributed by atoms with E-state index in [0.717, 1.165) is 11.3 Å². The van der Waals surface area contributed by atoms with E-state index in [0.29, 0.717) is 14.5 Å². The van der Waals surface area contributed by atoms with Gasteiger partial charge in [-0.2, -0.15) is 0 Å². The molecule has 1 heterocycles. The third-order valence-corrected chi connectivity index (χ3v) is 4.72. The molecule has 2 rings (SSSR count). The average Bonchev–Trinajstić information content (AvgIpc) is 2.88. The zero-order valence-electron chi connectivity index (χ0n) is 10.8. The van der Waals surface area contributed by atoms with Gasteiger partial charge in [-0.1, -0.05) is 40.8 Å². The highest BCUT2D eigenvalue weighted by Gasteiger charge is 2.08. The van der Waals surface area contributed by atoms with Gasteiger partial charge in [-0.05, 0) is 24.6 Å². The molecule has 8 heteroatoms. The lowest BCUT2D eigenvalue weighted by atomic mass is 10.2. The lowest BCUT2D eigenvalue weighted by molar-refractivity contribution is -0.137. The van der Waals surface area contributed by atoms with Gasteiger partial charge in [0.25, 0.3) is 0 Å². The molecule has 0 spiro atoms. The minimum absolute atomic E-state index is 0.224. The van der Waals surface area contributed by atoms with E-state index < -0.39 is 0 Å². The normalized spacial score (nSPS) is 10.3. The van der Waals surface area contributed by atoms with E-state index in [1.54, 1.807) is 0 Å². The molecule has 0 aliphatic carbocycles. The van der Waals surface area contributed by atoms with E-state index in [4.69, 9.17) is 11.6 Å². The molecule has 1 aromatic carbocycles. The molecule has 0 unspecified atom stereocenters. The fraction of sp³-hybridized carbons (Fsp3) is 0.250. The van der Waals surface area contributed by atoms with Crippen molar-refractivity contribution in [1.29, 1.82) is 0 Å². The molecule has 0 atom stereocenters. The summed E-state index contributed by atoms with van der Waals surface area (Å²) in [4.78, 5) is 11.0. The number of nitrogens with one attached hydrogen (secondary N) is 1. The van der Waals surface area contributed by atoms with Crippen molar-refractivity contribution in [3.63, 3.8) is 0 Å². The second-order valence-electron chi connectivity index (χ2n) is 3.83. The zero-order valence-corrected chi connectivity index (χ0v) is 13.2. The summed E-state index contributed by atoms with van der Waals surface area (Å²) in [6.07, 6.45) is 0. The molecular weight excluding hydrogens is 318 g/mol. The first kappa shape index (κ1) is 15.1. The van der Waals surface area contributed by atoms with Crippen molar-refractivity contribution in [3.05, 3.63) is 28.8 Å². The van der Waals surface area contributed by atoms with Crippen LogP contribution < -0.4 is 5.32 Å². The Morgan fingerprint density at radius 3 is 3.00 bits per heavy atom. The number of hydrogen-bond acceptors (Lipinski definition) is 7. The number of benzene rings is 1. The summed E-state index contributed by atoms with van der Waals surface area (Å²) in [6.45, 7) is 1.94. The van der Waals surface area contributed by atoms with E-state index in [1.165, 1.54) is 30.2 Å². The number of halogens is 1. The number of aromatic nitrogens is 2. The van der Waals surface area contributed by atoms with Crippen LogP contribution in [0, 0.1) is 6.92 Å². The SMILES string of the molecule is COC(=O)CSc1nnc(Nc2ccc(C)c(Cl)c2)s1. The van der Waals surface area contributed by atoms with Crippen LogP contribution in [-0.4, -0.2) is 29.0 Å². The van der Waals surface area contributed by atoms with Crippen molar-refractivity contribution in [2.75, 3.05) is 18.2 Å². The number of thioether (sulfide) groups is 1. The van der Waals surface area contributed by atoms with E-state index in [1.807, 2.05) is 25.1 Å². The highest BCUT2D eigenvalue weighted by molar-refractivity contribution is 8.01. The van der Waals surface area contributed by atoms with Crippen molar-refractivity contribution in [3.8, 4) is 0 Å². The van der Waals surface area contributed by atoms with Crippen LogP contribution in [0.25, 0.3) is 0 Å². The number of carbonyl (C=O) groups is 1. The van der Waals surface area contributed by atoms with Crippen molar-refractivity contribution in [1.82, 2.24) is 10.2 Å². The number of anilines is 2. The first-order valence-electron chi connectivity index (χ1n) is 5.65. The Labute approximate surface area is 129 Å². The molecule has 0 saturated heterocycles. The summed E-state index contributed by atoms with van der Waals surface area (Å²) in [5.41, 5.74) is 1.87. The Bertz CT molecular complexity index is 618. The van der Waals surface area contributed by atoms with Crippen LogP contribution in [0.2, 0.25) is 5.02 Å². The number of ether oxygens (including phenoxy) is 1. The lowest BCUT2D eigenvalue weighted by Gasteiger charge is -2.03. The maximum absolute atomic E-state index is 11.0. The number of carbonyl (C=O) groups excluding carboxylic acids is 1. The van der Waals surface area contributed by atoms with E-state index in [-0.39, 0.29) is 11.7 Å². The summed E-state index contributed by atoms with van der Waals surface area (Å²) < 4.78 is 5.27. The monoisotopic (exact) mass is 329 g/mol. The van der Waals surface area contributed by atoms with Crippen LogP contribution in [-0.2, 0) is 9.53 Å². The van der Waals surface area contributed by atoms with Gasteiger partial charge in [-0.15, -0.1) is 10.2 Å². The van der Waals surface area contributed by atoms with E-state index in [2.05, 4.69) is 20.3 Å². The quantitative estimate of drug-likeness (QED) is 0.669. The third-order valence-electron chi connectivity index (χ3n) is 2.37. The Balaban J connectivity index is 1.98. The van der Waals surface area contributed by atoms with Gasteiger partial charge < -0.3 is 10.1 Å². The summed E-state index contributed by atoms with van der Waals surface area (Å²) in [5, 5.41) is 12.5. The van der Waals surface area contributed by atoms with E-state index in [9.17, 15) is 4.79 Å². The predicted octanol–water partition coefficient (Wildman–Crippen LogP) is 3.51. The Morgan fingerprint density at radius 2 is 2.30 bits per heavy atom. The van der Waals surface area contributed by atoms with Crippen LogP contribution in [0.4, 0.5) is 10.8 Å². The van der Waals surface area contributed by atoms with Gasteiger partial charge in [-0.25, -0.2) is 0 Å². The van der Waals surface area contributed by atoms with Gasteiger partial charge in [0, 0.05) is 10.7 Å². The summed E-state index contributed by atoms with van der Waals surface area (Å²) in [7, 11) is 1.36. The van der Waals surface area contributed by atoms with Crippen LogP contribution in [0.1, 0.15) is 5.56 Å². The molecule has 0 radical (unpaired) electrons. The zero-order chi connectivity index (χ0) is 14.5. The maximum atomic E-state index is 11.0. The third kappa shape index (κ3) is 4.09. The van der Waals surface area contributed by atoms with Crippen LogP contribution in [0.5, 0.6) is 0 Å². The molecule has 2 aromatic rings. The van der Waals surface area contributed by atoms with Gasteiger partial charge in [0.2, 0.25) is 5.13 Å². The number of methoxy groups -OCH3 is 1. The molecule has 5 nitrogen and oxygen atoms in total. The second-order valence-corrected chi connectivity index (χ2v) is 6.43. The molecule has 0 bridgehead atoms. The van der Waals surface area contributed by atoms with Crippen LogP contribution >= 0.6 is 34.7 Å². The van der Waals surface area contributed by atoms with Gasteiger partial charge >= 0.3 is 5.97 Å². The molecule has 0 aliphatic rings. The first-order chi connectivity index (χ1) is 9.58. The highest BCUT2D eigenvalue weighted by Crippen LogP contribution is 2.29. The molecule has 0 amide bonds. The Kier molecular flexibility index (Phi) is 5.22. The Hall–Kier alpha value is -1.31. The summed E-state index contributed by atoms with van der Waals surface area (Å²) >= 11 is 8.72. The average molecular weight is 330 g/mol. The molecule has 1 N–H and O–H groups in total. The molecule has 106 valence electrons. The van der Waals surface area contributed by atoms with E-state index >= 15 is 0 Å². The minimum Gasteiger partial charge on any atom is -0.468 e. The lowest BCUT2D eigenvalue weighted by Crippen LogP contribution is -2.02. The number of hydrogen-bond donors (Lipinski definition) is 1. The molecule has 0 aliphatic heterocycles. The number of nitrogens with zero attached hydrogens (tertiary/aromatic N) is 2. The molecule has 0 fully saturated rings. The van der Waals surface area contributed by atoms with Gasteiger partial charge in [0.15, 0.2) is 4.34 Å². The summed E-state index contributed by atoms with van der Waals surface area (Å²) in [6, 6.07) is 5.68. The summed E-state index contributed by atoms with van der Waals surface area (Å²) in [5.74, 6) is -0.0633. The fourth-order valence-corrected chi connectivity index (χ4v) is 3.08. The number of aryl methyl sites for hydroxylation is 1. The topological polar surface area (TPSA) is 64.1 Å². The van der Waals surface area contributed by atoms with Crippen LogP contribution in [0.15, 0.2) is 22.5 Å². The van der Waals surface area contributed by atoms with Gasteiger partial charge in [0.1, 0.15) is 0 Å². The molecule has 1 aromatic heterocycles. The smallest absolute Gasteiger partial charge is 0.316 e. The molecular formula is C12H12ClN3O2S2. The number of esters is 1. The minimum atomic E-state index is -0.287. The van der Waals surface area contributed by atoms with Crippen molar-refractivity contribution >= 4 is 51.5 Å². The fourth-order valence-electron chi connectivity index (χ4n) is 1.29. The van der Waals surface area contributed by atoms with Crippen molar-refractivity contribution in [2.24, 2.45) is 0 Å². The van der Waals surface area contributed by atoms with Gasteiger partial charge in [-0.3, -0.25) is 4.79 Å². The standard InChI is InChI=1S/C12H12ClN3O2S2/c1-7-3-4-8(5-9(7)13)14-11-15-16-12(20-11)19-6-10(17)18-2/h3-5H,6H2,1-2H3,(H,14,15). The number of rotatable bonds is 5. The predicted molar refractivity (Wildman–Crippen MR) is 82.1 cm³/mol. The first-order valence-corrected chi connectivity index (χ1v) is 7.83.